The van der Waals surface area contributed by atoms with E-state index in [1.54, 1.807) is 34.6 Å². The van der Waals surface area contributed by atoms with Crippen LogP contribution in [0, 0.1) is 81.3 Å². The maximum Gasteiger partial charge on any atom is 0.344 e. The predicted molar refractivity (Wildman–Crippen MR) is 353 cm³/mol. The normalized spacial score (nSPS) is 33.1. The molecule has 566 valence electrons. The summed E-state index contributed by atoms with van der Waals surface area (Å²) in [4.78, 5) is 153. The van der Waals surface area contributed by atoms with Crippen LogP contribution in [0.4, 0.5) is 0 Å². The number of rotatable bonds is 21. The first-order valence-electron chi connectivity index (χ1n) is 37.2. The van der Waals surface area contributed by atoms with Crippen molar-refractivity contribution >= 4 is 77.6 Å². The zero-order valence-electron chi connectivity index (χ0n) is 61.4. The van der Waals surface area contributed by atoms with E-state index in [2.05, 4.69) is 0 Å². The van der Waals surface area contributed by atoms with Crippen LogP contribution < -0.4 is 0 Å². The summed E-state index contributed by atoms with van der Waals surface area (Å²) in [6.07, 6.45) is 13.5. The molecular weight excluding hydrogens is 1320 g/mol. The number of fused-ring (bicyclic) bond motifs is 8. The molecule has 26 heteroatoms. The van der Waals surface area contributed by atoms with Crippen molar-refractivity contribution in [3.8, 4) is 0 Å². The van der Waals surface area contributed by atoms with Crippen molar-refractivity contribution in [2.24, 2.45) is 81.3 Å². The molecule has 14 aliphatic rings. The molecule has 0 N–H and O–H groups in total. The van der Waals surface area contributed by atoms with E-state index in [0.29, 0.717) is 75.5 Å². The number of hydrogen-bond acceptors (Lipinski definition) is 26. The van der Waals surface area contributed by atoms with Crippen LogP contribution in [-0.4, -0.2) is 158 Å². The number of carbonyl (C=O) groups excluding carboxylic acids is 13. The lowest BCUT2D eigenvalue weighted by atomic mass is 9.67. The van der Waals surface area contributed by atoms with Gasteiger partial charge in [-0.3, -0.25) is 47.9 Å². The van der Waals surface area contributed by atoms with Gasteiger partial charge in [0.15, 0.2) is 19.8 Å². The second kappa shape index (κ2) is 34.6. The Morgan fingerprint density at radius 2 is 0.683 bits per heavy atom. The third-order valence-electron chi connectivity index (χ3n) is 23.3. The topological polar surface area (TPSA) is 342 Å². The highest BCUT2D eigenvalue weighted by Gasteiger charge is 2.55. The highest BCUT2D eigenvalue weighted by molar-refractivity contribution is 5.82. The molecule has 7 saturated heterocycles. The molecule has 7 saturated carbocycles. The lowest BCUT2D eigenvalue weighted by Crippen LogP contribution is -2.46. The molecule has 0 amide bonds. The van der Waals surface area contributed by atoms with Crippen molar-refractivity contribution in [2.75, 3.05) is 19.8 Å². The molecule has 7 aliphatic heterocycles. The Labute approximate surface area is 592 Å². The van der Waals surface area contributed by atoms with Gasteiger partial charge in [0.25, 0.3) is 0 Å². The van der Waals surface area contributed by atoms with Gasteiger partial charge in [0, 0.05) is 31.1 Å². The van der Waals surface area contributed by atoms with Gasteiger partial charge in [-0.05, 0) is 175 Å². The van der Waals surface area contributed by atoms with E-state index >= 15 is 0 Å². The Morgan fingerprint density at radius 1 is 0.356 bits per heavy atom. The molecular formula is C75H110O26. The fourth-order valence-corrected chi connectivity index (χ4v) is 15.2. The number of carbonyl (C=O) groups is 13. The average Bonchev–Trinajstić information content (AvgIpc) is 1.70. The van der Waals surface area contributed by atoms with E-state index in [0.717, 1.165) is 83.5 Å². The minimum atomic E-state index is -0.615. The van der Waals surface area contributed by atoms with Crippen molar-refractivity contribution in [2.45, 2.75) is 292 Å². The van der Waals surface area contributed by atoms with Gasteiger partial charge in [-0.2, -0.15) is 0 Å². The van der Waals surface area contributed by atoms with E-state index in [1.807, 2.05) is 55.4 Å². The Kier molecular flexibility index (Phi) is 27.3. The second-order valence-corrected chi connectivity index (χ2v) is 31.9. The first kappa shape index (κ1) is 79.8. The molecule has 0 spiro atoms. The van der Waals surface area contributed by atoms with Gasteiger partial charge in [-0.25, -0.2) is 14.4 Å². The maximum atomic E-state index is 12.3. The molecule has 0 aromatic carbocycles. The fourth-order valence-electron chi connectivity index (χ4n) is 15.2. The highest BCUT2D eigenvalue weighted by Crippen LogP contribution is 2.50. The van der Waals surface area contributed by atoms with Crippen LogP contribution in [0.3, 0.4) is 0 Å². The largest absolute Gasteiger partial charge is 0.458 e. The minimum Gasteiger partial charge on any atom is -0.458 e. The third-order valence-corrected chi connectivity index (χ3v) is 23.3. The standard InChI is InChI=1S/C18H26O6.C16H24O4.C15H22O6.C14H20O6.C12H18O4/c1-4-18(2,3)17(21)22-9-14(19)24-15-11-5-10-6-12(8-11)16(20)23-13(15)7-10;1-4-16(2,3)15(18)20-13-10-5-9-6-11(8-10)14(17)19-12(13)7-9;1-4-15(2,3)14(18)19-8-12(16)20-10-6-5-9-7-11(10)21-13(9)17;1-3-8(2)13(16)18-7-12(15)19-10-5-4-9-6-11(10)20-14(9)17;1-3-7(2)11(13)15-9-5-4-8-6-10(9)16-12(8)14/h10-13,15H,4-9H2,1-3H3;9-13H,4-8H2,1-3H3;9-11H,4-8H2,1-3H3;8-11H,3-7H2,1-2H3;7-10H,3-6H2,1-2H3. The zero-order valence-corrected chi connectivity index (χ0v) is 61.4. The molecule has 14 bridgehead atoms. The molecule has 7 heterocycles. The van der Waals surface area contributed by atoms with Gasteiger partial charge < -0.3 is 61.6 Å². The number of esters is 13. The van der Waals surface area contributed by atoms with Gasteiger partial charge in [0.2, 0.25) is 0 Å². The molecule has 7 aliphatic carbocycles. The summed E-state index contributed by atoms with van der Waals surface area (Å²) >= 11 is 0. The van der Waals surface area contributed by atoms with Gasteiger partial charge in [0.05, 0.1) is 57.7 Å². The summed E-state index contributed by atoms with van der Waals surface area (Å²) in [5.41, 5.74) is -1.69. The molecule has 14 rings (SSSR count). The molecule has 26 nitrogen and oxygen atoms in total. The van der Waals surface area contributed by atoms with E-state index in [-0.39, 0.29) is 145 Å². The Morgan fingerprint density at radius 3 is 1.07 bits per heavy atom. The first-order valence-corrected chi connectivity index (χ1v) is 37.2. The second-order valence-electron chi connectivity index (χ2n) is 31.9. The molecule has 21 unspecified atom stereocenters. The molecule has 0 aromatic rings. The maximum absolute atomic E-state index is 12.3. The van der Waals surface area contributed by atoms with Crippen molar-refractivity contribution in [3.05, 3.63) is 0 Å². The highest BCUT2D eigenvalue weighted by atomic mass is 16.6. The molecule has 0 aromatic heterocycles. The SMILES string of the molecule is CCC(C)(C)C(=O)OC1C2CC3CC(C2)C(=O)OC1C3.CCC(C)(C)C(=O)OCC(=O)OC1C2CC3CC(C2)C(=O)OC1C3.CCC(C)(C)C(=O)OCC(=O)OC1CCC2CC1OC2=O.CCC(C)C(=O)OC1CCC2CC1OC2=O.CCC(C)C(=O)OCC(=O)OC1CCC2CC1OC2=O. The average molecular weight is 1430 g/mol. The lowest BCUT2D eigenvalue weighted by molar-refractivity contribution is -0.180. The first-order chi connectivity index (χ1) is 47.7. The van der Waals surface area contributed by atoms with Gasteiger partial charge in [-0.1, -0.05) is 48.5 Å². The minimum absolute atomic E-state index is 0.0339. The summed E-state index contributed by atoms with van der Waals surface area (Å²) in [7, 11) is 0. The summed E-state index contributed by atoms with van der Waals surface area (Å²) in [5, 5.41) is 0. The van der Waals surface area contributed by atoms with E-state index < -0.39 is 77.0 Å². The van der Waals surface area contributed by atoms with Crippen molar-refractivity contribution in [1.29, 1.82) is 0 Å². The van der Waals surface area contributed by atoms with Gasteiger partial charge >= 0.3 is 77.6 Å². The zero-order chi connectivity index (χ0) is 74.0. The number of ether oxygens (including phenoxy) is 13. The van der Waals surface area contributed by atoms with E-state index in [9.17, 15) is 62.3 Å². The molecule has 14 fully saturated rings. The molecule has 21 atom stereocenters. The van der Waals surface area contributed by atoms with Crippen LogP contribution in [0.25, 0.3) is 0 Å². The van der Waals surface area contributed by atoms with Crippen LogP contribution in [-0.2, 0) is 124 Å². The van der Waals surface area contributed by atoms with Crippen LogP contribution in [0.1, 0.15) is 231 Å². The van der Waals surface area contributed by atoms with Crippen LogP contribution >= 0.6 is 0 Å². The fraction of sp³-hybridized carbons (Fsp3) is 0.827. The molecule has 0 radical (unpaired) electrons. The molecule has 101 heavy (non-hydrogen) atoms. The van der Waals surface area contributed by atoms with E-state index in [4.69, 9.17) is 61.6 Å². The van der Waals surface area contributed by atoms with Crippen molar-refractivity contribution < 1.29 is 124 Å². The smallest absolute Gasteiger partial charge is 0.344 e. The van der Waals surface area contributed by atoms with Crippen LogP contribution in [0.2, 0.25) is 0 Å². The van der Waals surface area contributed by atoms with Crippen molar-refractivity contribution in [1.82, 2.24) is 0 Å². The Bertz CT molecular complexity index is 3020. The summed E-state index contributed by atoms with van der Waals surface area (Å²) in [6, 6.07) is 0. The Balaban J connectivity index is 0.000000161. The summed E-state index contributed by atoms with van der Waals surface area (Å²) in [5.74, 6) is -2.87. The third kappa shape index (κ3) is 20.5. The quantitative estimate of drug-likeness (QED) is 0.0762. The monoisotopic (exact) mass is 1430 g/mol. The number of hydrogen-bond donors (Lipinski definition) is 0. The van der Waals surface area contributed by atoms with E-state index in [1.165, 1.54) is 0 Å². The van der Waals surface area contributed by atoms with Crippen LogP contribution in [0.15, 0.2) is 0 Å². The van der Waals surface area contributed by atoms with Crippen molar-refractivity contribution in [3.63, 3.8) is 0 Å². The van der Waals surface area contributed by atoms with Crippen LogP contribution in [0.5, 0.6) is 0 Å². The van der Waals surface area contributed by atoms with Gasteiger partial charge in [0.1, 0.15) is 61.0 Å². The lowest BCUT2D eigenvalue weighted by Gasteiger charge is -2.42. The summed E-state index contributed by atoms with van der Waals surface area (Å²) in [6.45, 7) is 22.9. The van der Waals surface area contributed by atoms with Gasteiger partial charge in [-0.15, -0.1) is 0 Å². The predicted octanol–water partition coefficient (Wildman–Crippen LogP) is 9.42. The Hall–Kier alpha value is -6.89. The summed E-state index contributed by atoms with van der Waals surface area (Å²) < 4.78 is 68.8.